The molecular weight excluding hydrogens is 158 g/mol. The van der Waals surface area contributed by atoms with Crippen molar-refractivity contribution in [1.82, 2.24) is 0 Å². The predicted octanol–water partition coefficient (Wildman–Crippen LogP) is 1.35. The van der Waals surface area contributed by atoms with Crippen LogP contribution in [0, 0.1) is 10.1 Å². The fourth-order valence-corrected chi connectivity index (χ4v) is 1.92. The van der Waals surface area contributed by atoms with Crippen LogP contribution < -0.4 is 0 Å². The molecule has 0 amide bonds. The van der Waals surface area contributed by atoms with E-state index in [9.17, 15) is 15.2 Å². The average Bonchev–Trinajstić information content (AvgIpc) is 2.05. The first-order valence-corrected chi connectivity index (χ1v) is 4.42. The minimum atomic E-state index is -1.04. The van der Waals surface area contributed by atoms with Gasteiger partial charge in [-0.15, -0.1) is 0 Å². The van der Waals surface area contributed by atoms with Crippen LogP contribution in [-0.2, 0) is 0 Å². The first-order chi connectivity index (χ1) is 5.59. The highest BCUT2D eigenvalue weighted by atomic mass is 16.6. The van der Waals surface area contributed by atoms with Crippen LogP contribution in [0.3, 0.4) is 0 Å². The number of nitrogens with zero attached hydrogens (tertiary/aromatic N) is 1. The summed E-state index contributed by atoms with van der Waals surface area (Å²) in [5.74, 6) is 0. The minimum Gasteiger partial charge on any atom is -0.386 e. The van der Waals surface area contributed by atoms with Gasteiger partial charge in [0.15, 0.2) is 0 Å². The molecule has 1 fully saturated rings. The van der Waals surface area contributed by atoms with Gasteiger partial charge in [-0.3, -0.25) is 10.1 Å². The summed E-state index contributed by atoms with van der Waals surface area (Å²) in [4.78, 5) is 10.5. The Bertz CT molecular complexity index is 173. The number of hydrogen-bond acceptors (Lipinski definition) is 3. The van der Waals surface area contributed by atoms with E-state index in [1.54, 1.807) is 0 Å². The summed E-state index contributed by atoms with van der Waals surface area (Å²) in [5.41, 5.74) is -1.04. The fourth-order valence-electron chi connectivity index (χ4n) is 1.92. The maximum atomic E-state index is 10.8. The van der Waals surface area contributed by atoms with Crippen LogP contribution in [-0.4, -0.2) is 21.7 Å². The van der Waals surface area contributed by atoms with Crippen molar-refractivity contribution in [2.24, 2.45) is 0 Å². The van der Waals surface area contributed by atoms with Crippen LogP contribution in [0.4, 0.5) is 0 Å². The van der Waals surface area contributed by atoms with Gasteiger partial charge in [0, 0.05) is 17.8 Å². The Labute approximate surface area is 71.7 Å². The van der Waals surface area contributed by atoms with Crippen LogP contribution >= 0.6 is 0 Å². The highest BCUT2D eigenvalue weighted by molar-refractivity contribution is 4.87. The molecule has 0 saturated heterocycles. The first-order valence-electron chi connectivity index (χ1n) is 4.42. The zero-order valence-corrected chi connectivity index (χ0v) is 7.32. The van der Waals surface area contributed by atoms with E-state index < -0.39 is 11.6 Å². The van der Waals surface area contributed by atoms with Crippen LogP contribution in [0.1, 0.15) is 39.0 Å². The predicted molar refractivity (Wildman–Crippen MR) is 44.5 cm³/mol. The first kappa shape index (κ1) is 9.45. The second kappa shape index (κ2) is 3.39. The summed E-state index contributed by atoms with van der Waals surface area (Å²) < 4.78 is 0. The normalized spacial score (nSPS) is 24.8. The van der Waals surface area contributed by atoms with Crippen molar-refractivity contribution in [3.05, 3.63) is 10.1 Å². The smallest absolute Gasteiger partial charge is 0.247 e. The molecule has 0 spiro atoms. The van der Waals surface area contributed by atoms with Gasteiger partial charge in [-0.05, 0) is 19.8 Å². The van der Waals surface area contributed by atoms with Gasteiger partial charge in [0.05, 0.1) is 0 Å². The van der Waals surface area contributed by atoms with E-state index in [1.807, 2.05) is 0 Å². The molecular formula is C8H15NO3. The fraction of sp³-hybridized carbons (Fsp3) is 1.00. The van der Waals surface area contributed by atoms with Crippen molar-refractivity contribution in [3.8, 4) is 0 Å². The molecule has 1 rings (SSSR count). The second-order valence-electron chi connectivity index (χ2n) is 3.60. The summed E-state index contributed by atoms with van der Waals surface area (Å²) in [7, 11) is 0. The Morgan fingerprint density at radius 1 is 1.42 bits per heavy atom. The van der Waals surface area contributed by atoms with E-state index in [0.29, 0.717) is 12.8 Å². The molecule has 0 bridgehead atoms. The van der Waals surface area contributed by atoms with Crippen molar-refractivity contribution in [3.63, 3.8) is 0 Å². The van der Waals surface area contributed by atoms with Crippen LogP contribution in [0.25, 0.3) is 0 Å². The molecule has 4 nitrogen and oxygen atoms in total. The van der Waals surface area contributed by atoms with Gasteiger partial charge in [0.2, 0.25) is 5.54 Å². The average molecular weight is 173 g/mol. The molecule has 0 aromatic heterocycles. The zero-order valence-electron chi connectivity index (χ0n) is 7.32. The second-order valence-corrected chi connectivity index (χ2v) is 3.60. The molecule has 1 unspecified atom stereocenters. The standard InChI is InChI=1S/C8H15NO3/c1-7(10)8(9(11)12)5-3-2-4-6-8/h7,10H,2-6H2,1H3. The molecule has 0 aromatic rings. The third kappa shape index (κ3) is 1.43. The lowest BCUT2D eigenvalue weighted by atomic mass is 9.79. The van der Waals surface area contributed by atoms with E-state index >= 15 is 0 Å². The third-order valence-electron chi connectivity index (χ3n) is 2.86. The van der Waals surface area contributed by atoms with Gasteiger partial charge in [0.25, 0.3) is 0 Å². The maximum Gasteiger partial charge on any atom is 0.247 e. The molecule has 1 N–H and O–H groups in total. The van der Waals surface area contributed by atoms with Gasteiger partial charge >= 0.3 is 0 Å². The quantitative estimate of drug-likeness (QED) is 0.506. The van der Waals surface area contributed by atoms with Gasteiger partial charge < -0.3 is 5.11 Å². The van der Waals surface area contributed by atoms with Gasteiger partial charge in [-0.2, -0.15) is 0 Å². The lowest BCUT2D eigenvalue weighted by Gasteiger charge is -2.31. The molecule has 4 heteroatoms. The van der Waals surface area contributed by atoms with Crippen molar-refractivity contribution < 1.29 is 10.0 Å². The van der Waals surface area contributed by atoms with Crippen molar-refractivity contribution in [2.45, 2.75) is 50.7 Å². The summed E-state index contributed by atoms with van der Waals surface area (Å²) >= 11 is 0. The number of rotatable bonds is 2. The van der Waals surface area contributed by atoms with Gasteiger partial charge in [-0.25, -0.2) is 0 Å². The summed E-state index contributed by atoms with van der Waals surface area (Å²) in [6.45, 7) is 1.52. The molecule has 12 heavy (non-hydrogen) atoms. The SMILES string of the molecule is CC(O)C1([N+](=O)[O-])CCCCC1. The number of hydrogen-bond donors (Lipinski definition) is 1. The highest BCUT2D eigenvalue weighted by Crippen LogP contribution is 2.33. The Morgan fingerprint density at radius 2 is 1.92 bits per heavy atom. The number of nitro groups is 1. The van der Waals surface area contributed by atoms with Crippen molar-refractivity contribution >= 4 is 0 Å². The van der Waals surface area contributed by atoms with Crippen LogP contribution in [0.2, 0.25) is 0 Å². The van der Waals surface area contributed by atoms with E-state index in [2.05, 4.69) is 0 Å². The lowest BCUT2D eigenvalue weighted by molar-refractivity contribution is -0.587. The topological polar surface area (TPSA) is 63.4 Å². The molecule has 0 aromatic carbocycles. The molecule has 0 aliphatic heterocycles. The number of aliphatic hydroxyl groups is 1. The summed E-state index contributed by atoms with van der Waals surface area (Å²) in [6.07, 6.45) is 3.02. The van der Waals surface area contributed by atoms with Crippen molar-refractivity contribution in [2.75, 3.05) is 0 Å². The van der Waals surface area contributed by atoms with Crippen LogP contribution in [0.15, 0.2) is 0 Å². The zero-order chi connectivity index (χ0) is 9.19. The van der Waals surface area contributed by atoms with E-state index in [4.69, 9.17) is 0 Å². The highest BCUT2D eigenvalue weighted by Gasteiger charge is 2.48. The molecule has 70 valence electrons. The molecule has 1 aliphatic carbocycles. The number of aliphatic hydroxyl groups excluding tert-OH is 1. The molecule has 0 heterocycles. The van der Waals surface area contributed by atoms with Crippen molar-refractivity contribution in [1.29, 1.82) is 0 Å². The molecule has 1 saturated carbocycles. The largest absolute Gasteiger partial charge is 0.386 e. The van der Waals surface area contributed by atoms with E-state index in [-0.39, 0.29) is 4.92 Å². The summed E-state index contributed by atoms with van der Waals surface area (Å²) in [5, 5.41) is 20.1. The lowest BCUT2D eigenvalue weighted by Crippen LogP contribution is -2.49. The Kier molecular flexibility index (Phi) is 2.67. The maximum absolute atomic E-state index is 10.8. The minimum absolute atomic E-state index is 0.295. The Hall–Kier alpha value is -0.640. The Balaban J connectivity index is 2.77. The Morgan fingerprint density at radius 3 is 2.17 bits per heavy atom. The van der Waals surface area contributed by atoms with Gasteiger partial charge in [0.1, 0.15) is 6.10 Å². The van der Waals surface area contributed by atoms with E-state index in [1.165, 1.54) is 6.92 Å². The monoisotopic (exact) mass is 173 g/mol. The summed E-state index contributed by atoms with van der Waals surface area (Å²) in [6, 6.07) is 0. The molecule has 1 aliphatic rings. The molecule has 0 radical (unpaired) electrons. The van der Waals surface area contributed by atoms with Gasteiger partial charge in [-0.1, -0.05) is 6.42 Å². The molecule has 1 atom stereocenters. The van der Waals surface area contributed by atoms with Crippen LogP contribution in [0.5, 0.6) is 0 Å². The third-order valence-corrected chi connectivity index (χ3v) is 2.86. The van der Waals surface area contributed by atoms with E-state index in [0.717, 1.165) is 19.3 Å².